The van der Waals surface area contributed by atoms with Crippen molar-refractivity contribution in [1.29, 1.82) is 0 Å². The van der Waals surface area contributed by atoms with Crippen LogP contribution in [0, 0.1) is 0 Å². The number of carboxylic acids is 1. The number of halogens is 1. The van der Waals surface area contributed by atoms with Gasteiger partial charge in [0, 0.05) is 18.0 Å². The van der Waals surface area contributed by atoms with E-state index in [9.17, 15) is 13.2 Å². The summed E-state index contributed by atoms with van der Waals surface area (Å²) in [5, 5.41) is 9.47. The van der Waals surface area contributed by atoms with Crippen molar-refractivity contribution in [1.82, 2.24) is 4.72 Å². The van der Waals surface area contributed by atoms with Crippen molar-refractivity contribution in [3.63, 3.8) is 0 Å². The Morgan fingerprint density at radius 2 is 1.92 bits per heavy atom. The summed E-state index contributed by atoms with van der Waals surface area (Å²) in [4.78, 5) is 11.1. The van der Waals surface area contributed by atoms with Gasteiger partial charge in [0.1, 0.15) is 5.75 Å². The molecule has 140 valence electrons. The van der Waals surface area contributed by atoms with E-state index >= 15 is 0 Å². The number of benzene rings is 2. The highest BCUT2D eigenvalue weighted by Gasteiger charge is 2.28. The predicted molar refractivity (Wildman–Crippen MR) is 96.2 cm³/mol. The third-order valence-electron chi connectivity index (χ3n) is 3.90. The molecule has 0 bridgehead atoms. The van der Waals surface area contributed by atoms with Gasteiger partial charge in [-0.15, -0.1) is 0 Å². The average molecular weight is 400 g/mol. The van der Waals surface area contributed by atoms with Gasteiger partial charge in [0.2, 0.25) is 10.0 Å². The Labute approximate surface area is 155 Å². The summed E-state index contributed by atoms with van der Waals surface area (Å²) in [6.45, 7) is 0.229. The van der Waals surface area contributed by atoms with Gasteiger partial charge in [-0.3, -0.25) is 0 Å². The van der Waals surface area contributed by atoms with Crippen LogP contribution >= 0.6 is 11.6 Å². The monoisotopic (exact) mass is 399 g/mol. The number of nitrogens with one attached hydrogen (secondary N) is 1. The number of sulfonamides is 1. The molecule has 0 amide bonds. The quantitative estimate of drug-likeness (QED) is 0.760. The number of carbonyl (C=O) groups is 1. The topological polar surface area (TPSA) is 124 Å². The van der Waals surface area contributed by atoms with E-state index in [-0.39, 0.29) is 16.9 Å². The highest BCUT2D eigenvalue weighted by Crippen LogP contribution is 2.29. The van der Waals surface area contributed by atoms with E-state index in [0.717, 1.165) is 11.1 Å². The maximum absolute atomic E-state index is 12.2. The van der Waals surface area contributed by atoms with Crippen molar-refractivity contribution in [3.8, 4) is 5.75 Å². The van der Waals surface area contributed by atoms with Gasteiger partial charge in [-0.05, 0) is 47.9 Å². The molecule has 0 saturated heterocycles. The Morgan fingerprint density at radius 3 is 2.58 bits per heavy atom. The van der Waals surface area contributed by atoms with Gasteiger partial charge in [0.15, 0.2) is 6.10 Å². The second-order valence-corrected chi connectivity index (χ2v) is 7.90. The molecule has 1 unspecified atom stereocenters. The van der Waals surface area contributed by atoms with Crippen molar-refractivity contribution in [3.05, 3.63) is 58.6 Å². The second-order valence-electron chi connectivity index (χ2n) is 5.69. The lowest BCUT2D eigenvalue weighted by Gasteiger charge is -2.08. The van der Waals surface area contributed by atoms with Crippen LogP contribution in [0.2, 0.25) is 5.02 Å². The van der Waals surface area contributed by atoms with E-state index in [1.54, 1.807) is 12.1 Å². The van der Waals surface area contributed by atoms with Crippen LogP contribution in [0.15, 0.2) is 47.4 Å². The molecule has 0 aliphatic carbocycles. The van der Waals surface area contributed by atoms with Gasteiger partial charge < -0.3 is 15.3 Å². The Balaban J connectivity index is 0.00000243. The molecule has 2 aromatic carbocycles. The fourth-order valence-electron chi connectivity index (χ4n) is 2.62. The molecule has 9 heteroatoms. The van der Waals surface area contributed by atoms with Crippen LogP contribution in [0.3, 0.4) is 0 Å². The summed E-state index contributed by atoms with van der Waals surface area (Å²) in [6, 6.07) is 11.3. The lowest BCUT2D eigenvalue weighted by Crippen LogP contribution is -2.26. The van der Waals surface area contributed by atoms with Gasteiger partial charge in [0.05, 0.1) is 4.90 Å². The maximum Gasteiger partial charge on any atom is 0.345 e. The molecule has 7 nitrogen and oxygen atoms in total. The molecule has 3 rings (SSSR count). The Kier molecular flexibility index (Phi) is 6.25. The summed E-state index contributed by atoms with van der Waals surface area (Å²) >= 11 is 5.76. The van der Waals surface area contributed by atoms with Gasteiger partial charge >= 0.3 is 5.97 Å². The first kappa shape index (κ1) is 20.2. The molecule has 1 atom stereocenters. The van der Waals surface area contributed by atoms with Crippen LogP contribution in [0.1, 0.15) is 11.1 Å². The molecule has 0 radical (unpaired) electrons. The smallest absolute Gasteiger partial charge is 0.345 e. The molecule has 1 aliphatic heterocycles. The zero-order valence-electron chi connectivity index (χ0n) is 13.6. The molecule has 4 N–H and O–H groups in total. The largest absolute Gasteiger partial charge is 0.478 e. The van der Waals surface area contributed by atoms with Crippen molar-refractivity contribution < 1.29 is 28.5 Å². The molecular formula is C17H18ClNO6S. The second kappa shape index (κ2) is 8.05. The molecule has 0 fully saturated rings. The summed E-state index contributed by atoms with van der Waals surface area (Å²) in [7, 11) is -3.59. The van der Waals surface area contributed by atoms with Crippen LogP contribution in [0.5, 0.6) is 5.75 Å². The van der Waals surface area contributed by atoms with Gasteiger partial charge in [0.25, 0.3) is 0 Å². The Bertz CT molecular complexity index is 898. The number of fused-ring (bicyclic) bond motifs is 1. The van der Waals surface area contributed by atoms with E-state index in [1.807, 2.05) is 6.07 Å². The van der Waals surface area contributed by atoms with E-state index in [0.29, 0.717) is 23.6 Å². The standard InChI is InChI=1S/C17H16ClNO5S.H2O/c18-13-2-4-14(5-3-13)25(22,23)19-8-7-11-1-6-15-12(9-11)10-16(24-15)17(20)21;/h1-6,9,16,19H,7-8,10H2,(H,20,21);1H2. The number of aliphatic carboxylic acids is 1. The van der Waals surface area contributed by atoms with Crippen molar-refractivity contribution in [2.45, 2.75) is 23.8 Å². The van der Waals surface area contributed by atoms with Crippen LogP contribution < -0.4 is 9.46 Å². The van der Waals surface area contributed by atoms with E-state index in [1.165, 1.54) is 24.3 Å². The van der Waals surface area contributed by atoms with Crippen LogP contribution in [0.25, 0.3) is 0 Å². The molecule has 26 heavy (non-hydrogen) atoms. The fourth-order valence-corrected chi connectivity index (χ4v) is 3.78. The number of hydrogen-bond donors (Lipinski definition) is 2. The summed E-state index contributed by atoms with van der Waals surface area (Å²) < 4.78 is 32.3. The molecule has 0 aromatic heterocycles. The summed E-state index contributed by atoms with van der Waals surface area (Å²) in [5.74, 6) is -0.425. The number of hydrogen-bond acceptors (Lipinski definition) is 4. The molecule has 1 aliphatic rings. The van der Waals surface area contributed by atoms with E-state index < -0.39 is 22.1 Å². The SMILES string of the molecule is O.O=C(O)C1Cc2cc(CCNS(=O)(=O)c3ccc(Cl)cc3)ccc2O1. The lowest BCUT2D eigenvalue weighted by molar-refractivity contribution is -0.144. The zero-order chi connectivity index (χ0) is 18.0. The zero-order valence-corrected chi connectivity index (χ0v) is 15.2. The van der Waals surface area contributed by atoms with Gasteiger partial charge in [-0.2, -0.15) is 0 Å². The average Bonchev–Trinajstić information content (AvgIpc) is 2.99. The molecule has 0 saturated carbocycles. The van der Waals surface area contributed by atoms with Crippen molar-refractivity contribution in [2.24, 2.45) is 0 Å². The van der Waals surface area contributed by atoms with Gasteiger partial charge in [-0.1, -0.05) is 23.7 Å². The number of ether oxygens (including phenoxy) is 1. The highest BCUT2D eigenvalue weighted by atomic mass is 35.5. The minimum absolute atomic E-state index is 0. The van der Waals surface area contributed by atoms with E-state index in [4.69, 9.17) is 21.4 Å². The summed E-state index contributed by atoms with van der Waals surface area (Å²) in [5.41, 5.74) is 1.73. The van der Waals surface area contributed by atoms with Crippen molar-refractivity contribution >= 4 is 27.6 Å². The Morgan fingerprint density at radius 1 is 1.23 bits per heavy atom. The van der Waals surface area contributed by atoms with Crippen LogP contribution in [0.4, 0.5) is 0 Å². The molecular weight excluding hydrogens is 382 g/mol. The van der Waals surface area contributed by atoms with Crippen molar-refractivity contribution in [2.75, 3.05) is 6.54 Å². The maximum atomic E-state index is 12.2. The first-order chi connectivity index (χ1) is 11.8. The highest BCUT2D eigenvalue weighted by molar-refractivity contribution is 7.89. The third kappa shape index (κ3) is 4.53. The third-order valence-corrected chi connectivity index (χ3v) is 5.63. The number of carboxylic acid groups (broad SMARTS) is 1. The fraction of sp³-hybridized carbons (Fsp3) is 0.235. The Hall–Kier alpha value is -2.13. The first-order valence-corrected chi connectivity index (χ1v) is 9.48. The molecule has 1 heterocycles. The minimum atomic E-state index is -3.59. The molecule has 0 spiro atoms. The van der Waals surface area contributed by atoms with Gasteiger partial charge in [-0.25, -0.2) is 17.9 Å². The minimum Gasteiger partial charge on any atom is -0.478 e. The lowest BCUT2D eigenvalue weighted by atomic mass is 10.0. The normalized spacial score (nSPS) is 15.7. The number of rotatable bonds is 6. The van der Waals surface area contributed by atoms with E-state index in [2.05, 4.69) is 4.72 Å². The first-order valence-electron chi connectivity index (χ1n) is 7.62. The predicted octanol–water partition coefficient (Wildman–Crippen LogP) is 1.42. The summed E-state index contributed by atoms with van der Waals surface area (Å²) in [6.07, 6.45) is -0.0546. The van der Waals surface area contributed by atoms with Crippen LogP contribution in [-0.4, -0.2) is 37.6 Å². The van der Waals surface area contributed by atoms with Crippen LogP contribution in [-0.2, 0) is 27.7 Å². The molecule has 2 aromatic rings.